The van der Waals surface area contributed by atoms with Crippen molar-refractivity contribution in [1.29, 1.82) is 0 Å². The third kappa shape index (κ3) is 3.40. The molecule has 7 heteroatoms. The van der Waals surface area contributed by atoms with Gasteiger partial charge < -0.3 is 4.74 Å². The largest absolute Gasteiger partial charge is 0.462 e. The normalized spacial score (nSPS) is 11.5. The minimum absolute atomic E-state index is 0.171. The number of nitrogens with zero attached hydrogens (tertiary/aromatic N) is 2. The zero-order valence-corrected chi connectivity index (χ0v) is 16.5. The molecular formula is C22H18N2O4S. The maximum Gasteiger partial charge on any atom is 0.338 e. The van der Waals surface area contributed by atoms with Gasteiger partial charge >= 0.3 is 5.97 Å². The van der Waals surface area contributed by atoms with Gasteiger partial charge in [0.15, 0.2) is 0 Å². The summed E-state index contributed by atoms with van der Waals surface area (Å²) in [5.74, 6) is -0.482. The summed E-state index contributed by atoms with van der Waals surface area (Å²) in [6.07, 6.45) is 1.47. The van der Waals surface area contributed by atoms with E-state index in [9.17, 15) is 13.2 Å². The monoisotopic (exact) mass is 406 g/mol. The van der Waals surface area contributed by atoms with E-state index in [4.69, 9.17) is 4.74 Å². The molecule has 2 aromatic carbocycles. The van der Waals surface area contributed by atoms with Crippen molar-refractivity contribution < 1.29 is 17.9 Å². The van der Waals surface area contributed by atoms with Crippen molar-refractivity contribution in [3.05, 3.63) is 84.6 Å². The number of pyridine rings is 1. The number of hydrogen-bond donors (Lipinski definition) is 0. The lowest BCUT2D eigenvalue weighted by Gasteiger charge is -2.12. The summed E-state index contributed by atoms with van der Waals surface area (Å²) in [6, 6.07) is 20.3. The summed E-state index contributed by atoms with van der Waals surface area (Å²) in [5, 5.41) is 0.755. The molecule has 0 spiro atoms. The lowest BCUT2D eigenvalue weighted by atomic mass is 10.2. The molecule has 2 heterocycles. The number of rotatable bonds is 5. The van der Waals surface area contributed by atoms with E-state index in [2.05, 4.69) is 4.98 Å². The SMILES string of the molecule is CCOC(=O)c1ccnc(-c2cc3ccccc3n2S(=O)(=O)c2ccccc2)c1. The number of para-hydroxylation sites is 1. The molecule has 0 bridgehead atoms. The minimum Gasteiger partial charge on any atom is -0.462 e. The van der Waals surface area contributed by atoms with Crippen LogP contribution in [0.2, 0.25) is 0 Å². The van der Waals surface area contributed by atoms with Gasteiger partial charge in [0.25, 0.3) is 10.0 Å². The van der Waals surface area contributed by atoms with Crippen LogP contribution in [0.25, 0.3) is 22.3 Å². The second-order valence-corrected chi connectivity index (χ2v) is 8.11. The highest BCUT2D eigenvalue weighted by Gasteiger charge is 2.24. The highest BCUT2D eigenvalue weighted by Crippen LogP contribution is 2.31. The first kappa shape index (κ1) is 18.9. The molecule has 2 aromatic heterocycles. The highest BCUT2D eigenvalue weighted by molar-refractivity contribution is 7.90. The fourth-order valence-corrected chi connectivity index (χ4v) is 4.72. The number of carbonyl (C=O) groups is 1. The molecule has 0 unspecified atom stereocenters. The lowest BCUT2D eigenvalue weighted by molar-refractivity contribution is 0.0526. The molecule has 6 nitrogen and oxygen atoms in total. The summed E-state index contributed by atoms with van der Waals surface area (Å²) >= 11 is 0. The van der Waals surface area contributed by atoms with Crippen LogP contribution in [0, 0.1) is 0 Å². The van der Waals surface area contributed by atoms with Gasteiger partial charge in [-0.05, 0) is 43.3 Å². The fourth-order valence-electron chi connectivity index (χ4n) is 3.18. The van der Waals surface area contributed by atoms with Crippen molar-refractivity contribution in [2.45, 2.75) is 11.8 Å². The molecule has 0 saturated carbocycles. The standard InChI is InChI=1S/C22H18N2O4S/c1-2-28-22(25)17-12-13-23-19(14-17)21-15-16-8-6-7-11-20(16)24(21)29(26,27)18-9-4-3-5-10-18/h3-15H,2H2,1H3. The number of ether oxygens (including phenoxy) is 1. The Hall–Kier alpha value is -3.45. The Morgan fingerprint density at radius 1 is 1.00 bits per heavy atom. The third-order valence-electron chi connectivity index (χ3n) is 4.48. The smallest absolute Gasteiger partial charge is 0.338 e. The maximum atomic E-state index is 13.5. The predicted octanol–water partition coefficient (Wildman–Crippen LogP) is 4.12. The fraction of sp³-hybridized carbons (Fsp3) is 0.0909. The van der Waals surface area contributed by atoms with Crippen LogP contribution in [-0.2, 0) is 14.8 Å². The molecule has 0 N–H and O–H groups in total. The van der Waals surface area contributed by atoms with E-state index in [0.717, 1.165) is 5.39 Å². The van der Waals surface area contributed by atoms with Crippen molar-refractivity contribution in [3.63, 3.8) is 0 Å². The Morgan fingerprint density at radius 2 is 1.72 bits per heavy atom. The van der Waals surface area contributed by atoms with E-state index >= 15 is 0 Å². The van der Waals surface area contributed by atoms with Crippen molar-refractivity contribution in [3.8, 4) is 11.4 Å². The van der Waals surface area contributed by atoms with Crippen LogP contribution in [0.15, 0.2) is 83.9 Å². The molecule has 0 atom stereocenters. The average Bonchev–Trinajstić information content (AvgIpc) is 3.15. The van der Waals surface area contributed by atoms with Gasteiger partial charge in [-0.2, -0.15) is 0 Å². The van der Waals surface area contributed by atoms with Crippen LogP contribution in [0.5, 0.6) is 0 Å². The molecule has 0 fully saturated rings. The molecule has 4 rings (SSSR count). The van der Waals surface area contributed by atoms with Crippen LogP contribution in [0.1, 0.15) is 17.3 Å². The number of fused-ring (bicyclic) bond motifs is 1. The highest BCUT2D eigenvalue weighted by atomic mass is 32.2. The van der Waals surface area contributed by atoms with Gasteiger partial charge in [0.2, 0.25) is 0 Å². The Morgan fingerprint density at radius 3 is 2.48 bits per heavy atom. The number of aromatic nitrogens is 2. The first-order chi connectivity index (χ1) is 14.0. The van der Waals surface area contributed by atoms with E-state index < -0.39 is 16.0 Å². The van der Waals surface area contributed by atoms with E-state index in [1.807, 2.05) is 12.1 Å². The molecule has 4 aromatic rings. The van der Waals surface area contributed by atoms with E-state index in [-0.39, 0.29) is 11.5 Å². The topological polar surface area (TPSA) is 78.3 Å². The zero-order valence-electron chi connectivity index (χ0n) is 15.6. The number of esters is 1. The summed E-state index contributed by atoms with van der Waals surface area (Å²) in [5.41, 5.74) is 1.59. The van der Waals surface area contributed by atoms with Gasteiger partial charge in [0.1, 0.15) is 0 Å². The van der Waals surface area contributed by atoms with Crippen LogP contribution in [-0.4, -0.2) is 30.0 Å². The summed E-state index contributed by atoms with van der Waals surface area (Å²) in [7, 11) is -3.88. The van der Waals surface area contributed by atoms with Crippen LogP contribution in [0.3, 0.4) is 0 Å². The molecule has 0 aliphatic rings. The van der Waals surface area contributed by atoms with Crippen LogP contribution >= 0.6 is 0 Å². The van der Waals surface area contributed by atoms with E-state index in [1.54, 1.807) is 67.6 Å². The van der Waals surface area contributed by atoms with E-state index in [1.165, 1.54) is 10.2 Å². The van der Waals surface area contributed by atoms with Crippen molar-refractivity contribution >= 4 is 26.9 Å². The second-order valence-electron chi connectivity index (χ2n) is 6.32. The molecule has 0 saturated heterocycles. The second kappa shape index (κ2) is 7.52. The first-order valence-corrected chi connectivity index (χ1v) is 10.5. The summed E-state index contributed by atoms with van der Waals surface area (Å²) < 4.78 is 33.3. The van der Waals surface area contributed by atoms with Gasteiger partial charge in [0.05, 0.1) is 34.0 Å². The molecule has 0 aliphatic heterocycles. The Kier molecular flexibility index (Phi) is 4.90. The van der Waals surface area contributed by atoms with Crippen molar-refractivity contribution in [2.24, 2.45) is 0 Å². The van der Waals surface area contributed by atoms with E-state index in [0.29, 0.717) is 22.5 Å². The Bertz CT molecular complexity index is 1290. The summed E-state index contributed by atoms with van der Waals surface area (Å²) in [4.78, 5) is 16.6. The van der Waals surface area contributed by atoms with Gasteiger partial charge in [-0.15, -0.1) is 0 Å². The number of hydrogen-bond acceptors (Lipinski definition) is 5. The first-order valence-electron chi connectivity index (χ1n) is 9.07. The molecule has 146 valence electrons. The van der Waals surface area contributed by atoms with Gasteiger partial charge in [-0.3, -0.25) is 4.98 Å². The Balaban J connectivity index is 1.97. The average molecular weight is 406 g/mol. The molecule has 29 heavy (non-hydrogen) atoms. The van der Waals surface area contributed by atoms with Gasteiger partial charge in [-0.1, -0.05) is 36.4 Å². The van der Waals surface area contributed by atoms with Crippen LogP contribution < -0.4 is 0 Å². The summed E-state index contributed by atoms with van der Waals surface area (Å²) in [6.45, 7) is 1.98. The maximum absolute atomic E-state index is 13.5. The zero-order chi connectivity index (χ0) is 20.4. The van der Waals surface area contributed by atoms with Crippen molar-refractivity contribution in [1.82, 2.24) is 8.96 Å². The minimum atomic E-state index is -3.88. The molecule has 0 radical (unpaired) electrons. The van der Waals surface area contributed by atoms with Gasteiger partial charge in [-0.25, -0.2) is 17.2 Å². The molecule has 0 amide bonds. The third-order valence-corrected chi connectivity index (χ3v) is 6.22. The van der Waals surface area contributed by atoms with Crippen LogP contribution in [0.4, 0.5) is 0 Å². The number of benzene rings is 2. The molecule has 0 aliphatic carbocycles. The predicted molar refractivity (Wildman–Crippen MR) is 110 cm³/mol. The van der Waals surface area contributed by atoms with Crippen molar-refractivity contribution in [2.75, 3.05) is 6.61 Å². The van der Waals surface area contributed by atoms with Gasteiger partial charge in [0, 0.05) is 11.6 Å². The Labute approximate surface area is 168 Å². The quantitative estimate of drug-likeness (QED) is 0.466. The number of carbonyl (C=O) groups excluding carboxylic acids is 1. The molecular weight excluding hydrogens is 388 g/mol. The lowest BCUT2D eigenvalue weighted by Crippen LogP contribution is -2.14.